The predicted octanol–water partition coefficient (Wildman–Crippen LogP) is 3.73. The number of halogens is 1. The van der Waals surface area contributed by atoms with Gasteiger partial charge in [-0.15, -0.1) is 0 Å². The number of rotatable bonds is 4. The highest BCUT2D eigenvalue weighted by molar-refractivity contribution is 9.10. The maximum atomic E-state index is 11.2. The zero-order chi connectivity index (χ0) is 15.9. The molecule has 2 heterocycles. The average Bonchev–Trinajstić information content (AvgIpc) is 3.01. The van der Waals surface area contributed by atoms with Gasteiger partial charge >= 0.3 is 5.97 Å². The fraction of sp³-hybridized carbons (Fsp3) is 0.500. The molecule has 2 N–H and O–H groups in total. The van der Waals surface area contributed by atoms with E-state index in [2.05, 4.69) is 38.5 Å². The number of hydrogen-bond donors (Lipinski definition) is 1. The molecule has 6 heteroatoms. The molecule has 3 rings (SSSR count). The van der Waals surface area contributed by atoms with Crippen LogP contribution in [0.1, 0.15) is 50.6 Å². The van der Waals surface area contributed by atoms with E-state index in [-0.39, 0.29) is 12.1 Å². The van der Waals surface area contributed by atoms with Crippen LogP contribution in [0.15, 0.2) is 10.5 Å². The number of fused-ring (bicyclic) bond motifs is 3. The van der Waals surface area contributed by atoms with E-state index < -0.39 is 0 Å². The van der Waals surface area contributed by atoms with Crippen LogP contribution in [-0.2, 0) is 22.5 Å². The topological polar surface area (TPSA) is 70.1 Å². The van der Waals surface area contributed by atoms with Crippen LogP contribution < -0.4 is 5.73 Å². The number of aromatic nitrogens is 2. The van der Waals surface area contributed by atoms with Crippen LogP contribution in [0.5, 0.6) is 0 Å². The van der Waals surface area contributed by atoms with Crippen molar-refractivity contribution < 1.29 is 9.53 Å². The summed E-state index contributed by atoms with van der Waals surface area (Å²) in [5, 5.41) is 0. The van der Waals surface area contributed by atoms with Gasteiger partial charge in [0, 0.05) is 24.4 Å². The number of hydrogen-bond acceptors (Lipinski definition) is 4. The number of benzene rings is 1. The number of carbonyl (C=O) groups is 1. The molecule has 5 nitrogen and oxygen atoms in total. The van der Waals surface area contributed by atoms with Crippen LogP contribution in [-0.4, -0.2) is 15.5 Å². The summed E-state index contributed by atoms with van der Waals surface area (Å²) < 4.78 is 8.42. The van der Waals surface area contributed by atoms with Gasteiger partial charge in [-0.1, -0.05) is 13.3 Å². The lowest BCUT2D eigenvalue weighted by molar-refractivity contribution is -0.146. The Balaban J connectivity index is 2.08. The Labute approximate surface area is 138 Å². The first-order chi connectivity index (χ1) is 10.5. The largest absolute Gasteiger partial charge is 0.454 e. The SMILES string of the molecule is CCCCc1cc2c(nc3n2CCC3OC(C)=O)c(N)c1Br. The molecule has 0 amide bonds. The Morgan fingerprint density at radius 3 is 3.05 bits per heavy atom. The molecular weight excluding hydrogens is 346 g/mol. The van der Waals surface area contributed by atoms with E-state index >= 15 is 0 Å². The fourth-order valence-electron chi connectivity index (χ4n) is 3.05. The van der Waals surface area contributed by atoms with Gasteiger partial charge in [-0.3, -0.25) is 4.79 Å². The molecule has 0 fully saturated rings. The van der Waals surface area contributed by atoms with Crippen LogP contribution in [0.4, 0.5) is 5.69 Å². The van der Waals surface area contributed by atoms with E-state index in [0.717, 1.165) is 53.6 Å². The maximum Gasteiger partial charge on any atom is 0.303 e. The zero-order valence-corrected chi connectivity index (χ0v) is 14.4. The van der Waals surface area contributed by atoms with Crippen LogP contribution in [0, 0.1) is 0 Å². The summed E-state index contributed by atoms with van der Waals surface area (Å²) in [5.74, 6) is 0.528. The normalized spacial score (nSPS) is 17.0. The molecule has 1 unspecified atom stereocenters. The Bertz CT molecular complexity index is 739. The van der Waals surface area contributed by atoms with Gasteiger partial charge in [0.25, 0.3) is 0 Å². The molecule has 118 valence electrons. The second-order valence-electron chi connectivity index (χ2n) is 5.74. The summed E-state index contributed by atoms with van der Waals surface area (Å²) in [6.45, 7) is 4.41. The van der Waals surface area contributed by atoms with Crippen LogP contribution in [0.25, 0.3) is 11.0 Å². The Morgan fingerprint density at radius 2 is 2.36 bits per heavy atom. The molecule has 2 aromatic rings. The van der Waals surface area contributed by atoms with Crippen molar-refractivity contribution in [2.45, 2.75) is 52.2 Å². The number of imidazole rings is 1. The smallest absolute Gasteiger partial charge is 0.303 e. The standard InChI is InChI=1S/C16H20BrN3O2/c1-3-4-5-10-8-11-15(14(18)13(10)17)19-16-12(22-9(2)21)6-7-20(11)16/h8,12H,3-7,18H2,1-2H3. The lowest BCUT2D eigenvalue weighted by Crippen LogP contribution is -2.06. The number of unbranched alkanes of at least 4 members (excludes halogenated alkanes) is 1. The first-order valence-electron chi connectivity index (χ1n) is 7.67. The minimum atomic E-state index is -0.275. The second kappa shape index (κ2) is 5.91. The van der Waals surface area contributed by atoms with Crippen molar-refractivity contribution in [2.24, 2.45) is 0 Å². The van der Waals surface area contributed by atoms with Gasteiger partial charge in [-0.25, -0.2) is 4.98 Å². The summed E-state index contributed by atoms with van der Waals surface area (Å²) in [6.07, 6.45) is 3.77. The van der Waals surface area contributed by atoms with Gasteiger partial charge in [-0.05, 0) is 40.4 Å². The molecule has 1 atom stereocenters. The minimum absolute atomic E-state index is 0.262. The van der Waals surface area contributed by atoms with Crippen molar-refractivity contribution in [2.75, 3.05) is 5.73 Å². The zero-order valence-electron chi connectivity index (χ0n) is 12.9. The van der Waals surface area contributed by atoms with Gasteiger partial charge in [0.15, 0.2) is 11.9 Å². The van der Waals surface area contributed by atoms with E-state index in [1.54, 1.807) is 0 Å². The van der Waals surface area contributed by atoms with Crippen LogP contribution in [0.2, 0.25) is 0 Å². The lowest BCUT2D eigenvalue weighted by Gasteiger charge is -2.09. The fourth-order valence-corrected chi connectivity index (χ4v) is 3.55. The molecule has 1 aromatic heterocycles. The maximum absolute atomic E-state index is 11.2. The molecule has 0 saturated carbocycles. The Kier molecular flexibility index (Phi) is 4.12. The van der Waals surface area contributed by atoms with Crippen molar-refractivity contribution in [1.82, 2.24) is 9.55 Å². The van der Waals surface area contributed by atoms with E-state index in [1.807, 2.05) is 0 Å². The Morgan fingerprint density at radius 1 is 1.59 bits per heavy atom. The average molecular weight is 366 g/mol. The highest BCUT2D eigenvalue weighted by Crippen LogP contribution is 2.38. The van der Waals surface area contributed by atoms with Gasteiger partial charge < -0.3 is 15.0 Å². The summed E-state index contributed by atoms with van der Waals surface area (Å²) in [7, 11) is 0. The number of esters is 1. The van der Waals surface area contributed by atoms with E-state index in [0.29, 0.717) is 5.69 Å². The number of ether oxygens (including phenoxy) is 1. The van der Waals surface area contributed by atoms with Gasteiger partial charge in [0.1, 0.15) is 5.52 Å². The minimum Gasteiger partial charge on any atom is -0.454 e. The molecule has 0 radical (unpaired) electrons. The van der Waals surface area contributed by atoms with Gasteiger partial charge in [-0.2, -0.15) is 0 Å². The molecule has 0 spiro atoms. The van der Waals surface area contributed by atoms with Crippen LogP contribution in [0.3, 0.4) is 0 Å². The predicted molar refractivity (Wildman–Crippen MR) is 89.6 cm³/mol. The van der Waals surface area contributed by atoms with Crippen molar-refractivity contribution in [3.05, 3.63) is 21.9 Å². The summed E-state index contributed by atoms with van der Waals surface area (Å²) in [4.78, 5) is 15.9. The first-order valence-corrected chi connectivity index (χ1v) is 8.46. The summed E-state index contributed by atoms with van der Waals surface area (Å²) in [6, 6.07) is 2.16. The molecule has 1 aromatic carbocycles. The molecule has 0 saturated heterocycles. The molecule has 1 aliphatic rings. The quantitative estimate of drug-likeness (QED) is 0.661. The van der Waals surface area contributed by atoms with E-state index in [1.165, 1.54) is 12.5 Å². The number of carbonyl (C=O) groups excluding carboxylic acids is 1. The third-order valence-electron chi connectivity index (χ3n) is 4.13. The first kappa shape index (κ1) is 15.3. The van der Waals surface area contributed by atoms with Crippen molar-refractivity contribution in [1.29, 1.82) is 0 Å². The molecule has 22 heavy (non-hydrogen) atoms. The number of aryl methyl sites for hydroxylation is 2. The summed E-state index contributed by atoms with van der Waals surface area (Å²) >= 11 is 3.60. The van der Waals surface area contributed by atoms with Crippen molar-refractivity contribution in [3.8, 4) is 0 Å². The summed E-state index contributed by atoms with van der Waals surface area (Å²) in [5.41, 5.74) is 9.98. The highest BCUT2D eigenvalue weighted by Gasteiger charge is 2.30. The number of nitrogens with zero attached hydrogens (tertiary/aromatic N) is 2. The third-order valence-corrected chi connectivity index (χ3v) is 5.07. The highest BCUT2D eigenvalue weighted by atomic mass is 79.9. The number of anilines is 1. The molecular formula is C16H20BrN3O2. The van der Waals surface area contributed by atoms with Crippen molar-refractivity contribution in [3.63, 3.8) is 0 Å². The van der Waals surface area contributed by atoms with E-state index in [9.17, 15) is 4.79 Å². The Hall–Kier alpha value is -1.56. The number of nitrogens with two attached hydrogens (primary N) is 1. The number of nitrogen functional groups attached to an aromatic ring is 1. The molecule has 1 aliphatic heterocycles. The lowest BCUT2D eigenvalue weighted by atomic mass is 10.1. The van der Waals surface area contributed by atoms with Gasteiger partial charge in [0.05, 0.1) is 11.2 Å². The molecule has 0 aliphatic carbocycles. The van der Waals surface area contributed by atoms with Crippen molar-refractivity contribution >= 4 is 38.6 Å². The van der Waals surface area contributed by atoms with Gasteiger partial charge in [0.2, 0.25) is 0 Å². The monoisotopic (exact) mass is 365 g/mol. The van der Waals surface area contributed by atoms with Crippen LogP contribution >= 0.6 is 15.9 Å². The molecule has 0 bridgehead atoms. The second-order valence-corrected chi connectivity index (χ2v) is 6.54. The third kappa shape index (κ3) is 2.49. The van der Waals surface area contributed by atoms with E-state index in [4.69, 9.17) is 10.5 Å².